The van der Waals surface area contributed by atoms with Gasteiger partial charge in [0, 0.05) is 31.9 Å². The van der Waals surface area contributed by atoms with Crippen molar-refractivity contribution in [2.75, 3.05) is 37.6 Å². The minimum atomic E-state index is -4.37. The summed E-state index contributed by atoms with van der Waals surface area (Å²) in [6.45, 7) is 2.66. The molecule has 2 fully saturated rings. The first-order chi connectivity index (χ1) is 13.4. The highest BCUT2D eigenvalue weighted by molar-refractivity contribution is 5.92. The van der Waals surface area contributed by atoms with Gasteiger partial charge < -0.3 is 19.5 Å². The van der Waals surface area contributed by atoms with Crippen LogP contribution in [0.5, 0.6) is 0 Å². The zero-order valence-electron chi connectivity index (χ0n) is 15.2. The monoisotopic (exact) mass is 394 g/mol. The number of halogens is 3. The molecule has 3 heterocycles. The fraction of sp³-hybridized carbons (Fsp3) is 0.474. The number of amides is 1. The first-order valence-electron chi connectivity index (χ1n) is 9.32. The third-order valence-corrected chi connectivity index (χ3v) is 5.20. The van der Waals surface area contributed by atoms with Crippen molar-refractivity contribution in [3.05, 3.63) is 47.7 Å². The maximum absolute atomic E-state index is 12.9. The Morgan fingerprint density at radius 2 is 2.00 bits per heavy atom. The molecule has 150 valence electrons. The van der Waals surface area contributed by atoms with E-state index in [-0.39, 0.29) is 17.6 Å². The molecule has 1 aromatic heterocycles. The number of hydrogen-bond acceptors (Lipinski definition) is 5. The van der Waals surface area contributed by atoms with E-state index in [2.05, 4.69) is 10.3 Å². The van der Waals surface area contributed by atoms with Crippen molar-refractivity contribution >= 4 is 11.6 Å². The average molecular weight is 394 g/mol. The normalized spacial score (nSPS) is 20.6. The lowest BCUT2D eigenvalue weighted by Gasteiger charge is -2.36. The van der Waals surface area contributed by atoms with E-state index in [4.69, 9.17) is 4.42 Å². The van der Waals surface area contributed by atoms with Crippen LogP contribution in [-0.2, 0) is 6.18 Å². The topological polar surface area (TPSA) is 61.6 Å². The molecule has 0 saturated carbocycles. The molecule has 2 aliphatic rings. The average Bonchev–Trinajstić information content (AvgIpc) is 3.39. The van der Waals surface area contributed by atoms with Crippen LogP contribution >= 0.6 is 0 Å². The van der Waals surface area contributed by atoms with Gasteiger partial charge in [0.05, 0.1) is 11.6 Å². The minimum absolute atomic E-state index is 0.0549. The lowest BCUT2D eigenvalue weighted by atomic mass is 10.1. The van der Waals surface area contributed by atoms with Crippen LogP contribution in [0, 0.1) is 0 Å². The highest BCUT2D eigenvalue weighted by Gasteiger charge is 2.32. The lowest BCUT2D eigenvalue weighted by Crippen LogP contribution is -2.49. The van der Waals surface area contributed by atoms with Crippen LogP contribution < -0.4 is 10.2 Å². The number of hydrogen-bond donors (Lipinski definition) is 1. The fourth-order valence-corrected chi connectivity index (χ4v) is 3.65. The van der Waals surface area contributed by atoms with Crippen LogP contribution in [0.3, 0.4) is 0 Å². The van der Waals surface area contributed by atoms with Gasteiger partial charge in [-0.05, 0) is 37.6 Å². The van der Waals surface area contributed by atoms with E-state index >= 15 is 0 Å². The summed E-state index contributed by atoms with van der Waals surface area (Å²) in [4.78, 5) is 20.5. The van der Waals surface area contributed by atoms with Crippen LogP contribution in [0.25, 0.3) is 0 Å². The lowest BCUT2D eigenvalue weighted by molar-refractivity contribution is -0.137. The second kappa shape index (κ2) is 7.46. The maximum atomic E-state index is 12.9. The van der Waals surface area contributed by atoms with Crippen LogP contribution in [0.15, 0.2) is 34.9 Å². The number of rotatable bonds is 3. The van der Waals surface area contributed by atoms with Crippen molar-refractivity contribution in [2.24, 2.45) is 0 Å². The van der Waals surface area contributed by atoms with Gasteiger partial charge in [-0.3, -0.25) is 4.79 Å². The quantitative estimate of drug-likeness (QED) is 0.867. The number of aromatic nitrogens is 1. The van der Waals surface area contributed by atoms with E-state index < -0.39 is 11.7 Å². The van der Waals surface area contributed by atoms with Gasteiger partial charge in [-0.2, -0.15) is 13.2 Å². The molecule has 0 aliphatic carbocycles. The number of benzene rings is 1. The second-order valence-corrected chi connectivity index (χ2v) is 7.05. The Hall–Kier alpha value is -2.55. The first-order valence-corrected chi connectivity index (χ1v) is 9.32. The summed E-state index contributed by atoms with van der Waals surface area (Å²) in [5, 5.41) is 3.28. The summed E-state index contributed by atoms with van der Waals surface area (Å²) in [5.41, 5.74) is 0.119. The molecular formula is C19H21F3N4O2. The van der Waals surface area contributed by atoms with Gasteiger partial charge in [0.15, 0.2) is 5.69 Å². The standard InChI is InChI=1S/C19H21F3N4O2/c20-19(21,22)13-3-1-4-14(11-13)25-7-9-26(10-8-25)18(27)16-12-28-17(24-16)15-5-2-6-23-15/h1,3-4,11-12,15,23H,2,5-10H2. The summed E-state index contributed by atoms with van der Waals surface area (Å²) in [7, 11) is 0. The summed E-state index contributed by atoms with van der Waals surface area (Å²) in [5.74, 6) is 0.320. The molecular weight excluding hydrogens is 373 g/mol. The molecule has 1 amide bonds. The van der Waals surface area contributed by atoms with E-state index in [0.29, 0.717) is 37.8 Å². The summed E-state index contributed by atoms with van der Waals surface area (Å²) < 4.78 is 44.2. The number of anilines is 1. The van der Waals surface area contributed by atoms with E-state index in [1.165, 1.54) is 12.3 Å². The van der Waals surface area contributed by atoms with Gasteiger partial charge in [-0.15, -0.1) is 0 Å². The minimum Gasteiger partial charge on any atom is -0.446 e. The van der Waals surface area contributed by atoms with Gasteiger partial charge in [0.1, 0.15) is 6.26 Å². The Kier molecular flexibility index (Phi) is 5.01. The molecule has 1 atom stereocenters. The molecule has 28 heavy (non-hydrogen) atoms. The third kappa shape index (κ3) is 3.84. The van der Waals surface area contributed by atoms with Gasteiger partial charge in [0.2, 0.25) is 5.89 Å². The number of nitrogens with zero attached hydrogens (tertiary/aromatic N) is 3. The molecule has 0 bridgehead atoms. The number of piperazine rings is 1. The highest BCUT2D eigenvalue weighted by atomic mass is 19.4. The van der Waals surface area contributed by atoms with Crippen LogP contribution in [-0.4, -0.2) is 48.5 Å². The number of carbonyl (C=O) groups is 1. The molecule has 6 nitrogen and oxygen atoms in total. The van der Waals surface area contributed by atoms with Crippen molar-refractivity contribution in [2.45, 2.75) is 25.1 Å². The predicted octanol–water partition coefficient (Wildman–Crippen LogP) is 3.08. The SMILES string of the molecule is O=C(c1coc(C2CCCN2)n1)N1CCN(c2cccc(C(F)(F)F)c2)CC1. The Labute approximate surface area is 160 Å². The molecule has 1 N–H and O–H groups in total. The first kappa shape index (κ1) is 18.8. The van der Waals surface area contributed by atoms with Gasteiger partial charge in [0.25, 0.3) is 5.91 Å². The molecule has 1 aromatic carbocycles. The molecule has 0 spiro atoms. The smallest absolute Gasteiger partial charge is 0.416 e. The summed E-state index contributed by atoms with van der Waals surface area (Å²) >= 11 is 0. The molecule has 0 radical (unpaired) electrons. The van der Waals surface area contributed by atoms with Crippen molar-refractivity contribution < 1.29 is 22.4 Å². The second-order valence-electron chi connectivity index (χ2n) is 7.05. The number of nitrogens with one attached hydrogen (secondary N) is 1. The molecule has 2 aromatic rings. The third-order valence-electron chi connectivity index (χ3n) is 5.20. The Morgan fingerprint density at radius 3 is 2.68 bits per heavy atom. The summed E-state index contributed by atoms with van der Waals surface area (Å²) in [6.07, 6.45) is -0.999. The van der Waals surface area contributed by atoms with E-state index in [1.54, 1.807) is 11.0 Å². The van der Waals surface area contributed by atoms with Crippen molar-refractivity contribution in [3.8, 4) is 0 Å². The number of carbonyl (C=O) groups excluding carboxylic acids is 1. The predicted molar refractivity (Wildman–Crippen MR) is 96.0 cm³/mol. The number of oxazole rings is 1. The Bertz CT molecular complexity index is 838. The maximum Gasteiger partial charge on any atom is 0.416 e. The van der Waals surface area contributed by atoms with Gasteiger partial charge >= 0.3 is 6.18 Å². The number of alkyl halides is 3. The summed E-state index contributed by atoms with van der Waals surface area (Å²) in [6, 6.07) is 5.33. The van der Waals surface area contributed by atoms with Gasteiger partial charge in [-0.1, -0.05) is 6.07 Å². The van der Waals surface area contributed by atoms with Crippen LogP contribution in [0.1, 0.15) is 40.8 Å². The molecule has 1 unspecified atom stereocenters. The van der Waals surface area contributed by atoms with Crippen molar-refractivity contribution in [3.63, 3.8) is 0 Å². The van der Waals surface area contributed by atoms with E-state index in [0.717, 1.165) is 31.5 Å². The van der Waals surface area contributed by atoms with Crippen molar-refractivity contribution in [1.82, 2.24) is 15.2 Å². The molecule has 9 heteroatoms. The Morgan fingerprint density at radius 1 is 1.21 bits per heavy atom. The largest absolute Gasteiger partial charge is 0.446 e. The fourth-order valence-electron chi connectivity index (χ4n) is 3.65. The van der Waals surface area contributed by atoms with E-state index in [1.807, 2.05) is 4.90 Å². The Balaban J connectivity index is 1.38. The zero-order chi connectivity index (χ0) is 19.7. The zero-order valence-corrected chi connectivity index (χ0v) is 15.2. The van der Waals surface area contributed by atoms with Crippen LogP contribution in [0.2, 0.25) is 0 Å². The van der Waals surface area contributed by atoms with E-state index in [9.17, 15) is 18.0 Å². The van der Waals surface area contributed by atoms with Crippen molar-refractivity contribution in [1.29, 1.82) is 0 Å². The molecule has 4 rings (SSSR count). The molecule has 2 aliphatic heterocycles. The molecule has 2 saturated heterocycles. The van der Waals surface area contributed by atoms with Crippen LogP contribution in [0.4, 0.5) is 18.9 Å². The van der Waals surface area contributed by atoms with Gasteiger partial charge in [-0.25, -0.2) is 4.98 Å². The highest BCUT2D eigenvalue weighted by Crippen LogP contribution is 2.32.